The molecule has 0 saturated carbocycles. The van der Waals surface area contributed by atoms with Crippen molar-refractivity contribution in [2.45, 2.75) is 38.8 Å². The van der Waals surface area contributed by atoms with Crippen LogP contribution in [0.2, 0.25) is 0 Å². The fraction of sp³-hybridized carbons (Fsp3) is 0.636. The molecule has 1 aliphatic heterocycles. The number of anilines is 1. The van der Waals surface area contributed by atoms with E-state index in [1.807, 2.05) is 0 Å². The number of rotatable bonds is 2. The number of nitrogens with zero attached hydrogens (tertiary/aromatic N) is 5. The molecular weight excluding hydrogens is 264 g/mol. The van der Waals surface area contributed by atoms with E-state index < -0.39 is 24.1 Å². The van der Waals surface area contributed by atoms with Crippen molar-refractivity contribution in [3.05, 3.63) is 10.5 Å². The Labute approximate surface area is 114 Å². The fourth-order valence-corrected chi connectivity index (χ4v) is 2.41. The molecule has 9 nitrogen and oxygen atoms in total. The van der Waals surface area contributed by atoms with Crippen LogP contribution in [0.1, 0.15) is 20.1 Å². The lowest BCUT2D eigenvalue weighted by Gasteiger charge is -2.21. The van der Waals surface area contributed by atoms with Crippen LogP contribution >= 0.6 is 0 Å². The number of aliphatic hydroxyl groups excluding tert-OH is 1. The van der Waals surface area contributed by atoms with Gasteiger partial charge in [-0.1, -0.05) is 5.21 Å². The van der Waals surface area contributed by atoms with Gasteiger partial charge in [0.05, 0.1) is 12.6 Å². The lowest BCUT2D eigenvalue weighted by molar-refractivity contribution is -0.0941. The van der Waals surface area contributed by atoms with E-state index in [-0.39, 0.29) is 0 Å². The van der Waals surface area contributed by atoms with Crippen molar-refractivity contribution in [2.75, 3.05) is 12.4 Å². The molecule has 0 fully saturated rings. The van der Waals surface area contributed by atoms with E-state index in [1.165, 1.54) is 4.57 Å². The molecule has 3 atom stereocenters. The van der Waals surface area contributed by atoms with E-state index in [9.17, 15) is 9.90 Å². The Morgan fingerprint density at radius 3 is 2.95 bits per heavy atom. The molecule has 0 saturated heterocycles. The van der Waals surface area contributed by atoms with Gasteiger partial charge in [-0.15, -0.1) is 5.10 Å². The number of aliphatic hydroxyl groups is 1. The van der Waals surface area contributed by atoms with Crippen molar-refractivity contribution in [1.29, 1.82) is 0 Å². The first-order valence-corrected chi connectivity index (χ1v) is 6.40. The van der Waals surface area contributed by atoms with Crippen molar-refractivity contribution in [1.82, 2.24) is 24.5 Å². The largest absolute Gasteiger partial charge is 0.391 e. The van der Waals surface area contributed by atoms with Crippen molar-refractivity contribution < 1.29 is 9.84 Å². The Kier molecular flexibility index (Phi) is 2.94. The van der Waals surface area contributed by atoms with Gasteiger partial charge in [0.1, 0.15) is 12.3 Å². The molecule has 20 heavy (non-hydrogen) atoms. The minimum Gasteiger partial charge on any atom is -0.391 e. The van der Waals surface area contributed by atoms with E-state index in [4.69, 9.17) is 4.74 Å². The van der Waals surface area contributed by atoms with E-state index in [0.29, 0.717) is 23.5 Å². The van der Waals surface area contributed by atoms with Crippen LogP contribution in [-0.4, -0.2) is 48.9 Å². The van der Waals surface area contributed by atoms with Gasteiger partial charge in [0.2, 0.25) is 0 Å². The van der Waals surface area contributed by atoms with Gasteiger partial charge in [-0.2, -0.15) is 4.98 Å². The summed E-state index contributed by atoms with van der Waals surface area (Å²) >= 11 is 0. The number of hydrogen-bond acceptors (Lipinski definition) is 7. The second kappa shape index (κ2) is 4.53. The Morgan fingerprint density at radius 2 is 2.30 bits per heavy atom. The van der Waals surface area contributed by atoms with Crippen LogP contribution in [0.25, 0.3) is 11.2 Å². The molecule has 2 N–H and O–H groups in total. The van der Waals surface area contributed by atoms with Gasteiger partial charge < -0.3 is 15.2 Å². The topological polar surface area (TPSA) is 107 Å². The Bertz CT molecular complexity index is 706. The third-order valence-electron chi connectivity index (χ3n) is 3.44. The zero-order valence-corrected chi connectivity index (χ0v) is 11.4. The molecule has 1 aliphatic rings. The van der Waals surface area contributed by atoms with Crippen molar-refractivity contribution in [3.63, 3.8) is 0 Å². The van der Waals surface area contributed by atoms with Gasteiger partial charge in [-0.05, 0) is 13.8 Å². The first-order valence-electron chi connectivity index (χ1n) is 6.40. The van der Waals surface area contributed by atoms with Crippen LogP contribution in [0.4, 0.5) is 5.82 Å². The molecule has 1 unspecified atom stereocenters. The highest BCUT2D eigenvalue weighted by Crippen LogP contribution is 2.25. The molecule has 2 aromatic heterocycles. The summed E-state index contributed by atoms with van der Waals surface area (Å²) in [5, 5.41) is 20.7. The maximum Gasteiger partial charge on any atom is 0.353 e. The van der Waals surface area contributed by atoms with Crippen LogP contribution in [0.15, 0.2) is 4.79 Å². The summed E-state index contributed by atoms with van der Waals surface area (Å²) in [5.74, 6) is 0.384. The van der Waals surface area contributed by atoms with E-state index >= 15 is 0 Å². The summed E-state index contributed by atoms with van der Waals surface area (Å²) in [5.41, 5.74) is 0.614. The predicted molar refractivity (Wildman–Crippen MR) is 70.4 cm³/mol. The molecule has 0 spiro atoms. The van der Waals surface area contributed by atoms with Crippen molar-refractivity contribution in [2.24, 2.45) is 0 Å². The maximum absolute atomic E-state index is 12.2. The van der Waals surface area contributed by atoms with Gasteiger partial charge in [-0.25, -0.2) is 14.0 Å². The van der Waals surface area contributed by atoms with Crippen molar-refractivity contribution in [3.8, 4) is 0 Å². The molecule has 9 heteroatoms. The second-order valence-corrected chi connectivity index (χ2v) is 4.82. The van der Waals surface area contributed by atoms with Crippen molar-refractivity contribution >= 4 is 17.0 Å². The quantitative estimate of drug-likeness (QED) is 0.751. The molecule has 0 bridgehead atoms. The lowest BCUT2D eigenvalue weighted by Crippen LogP contribution is -2.33. The molecular formula is C11H16N6O3. The number of aromatic nitrogens is 5. The Hall–Kier alpha value is -2.00. The van der Waals surface area contributed by atoms with E-state index in [2.05, 4.69) is 20.6 Å². The molecule has 0 aromatic carbocycles. The molecule has 2 aromatic rings. The molecule has 3 rings (SSSR count). The predicted octanol–water partition coefficient (Wildman–Crippen LogP) is -0.672. The van der Waals surface area contributed by atoms with Gasteiger partial charge in [0.15, 0.2) is 17.0 Å². The maximum atomic E-state index is 12.2. The third kappa shape index (κ3) is 1.78. The first kappa shape index (κ1) is 13.0. The summed E-state index contributed by atoms with van der Waals surface area (Å²) in [6.07, 6.45) is -1.70. The minimum atomic E-state index is -0.682. The van der Waals surface area contributed by atoms with Crippen LogP contribution < -0.4 is 11.0 Å². The standard InChI is InChI=1S/C11H16N6O3/c1-5(18)7-4-16-10-8(14-15-16)9(12-3)13-11(19)17(10)6(2)20-7/h5-7,18H,4H2,1-3H3,(H,12,13,19)/t5?,6-,7-/m1/s1. The van der Waals surface area contributed by atoms with E-state index in [0.717, 1.165) is 0 Å². The SMILES string of the molecule is CNc1nc(=O)n2c3c1nnn3C[C@H](C(C)O)O[C@@H]2C. The highest BCUT2D eigenvalue weighted by atomic mass is 16.5. The summed E-state index contributed by atoms with van der Waals surface area (Å²) in [6.45, 7) is 3.70. The molecule has 3 heterocycles. The smallest absolute Gasteiger partial charge is 0.353 e. The van der Waals surface area contributed by atoms with Crippen LogP contribution in [0, 0.1) is 0 Å². The summed E-state index contributed by atoms with van der Waals surface area (Å²) in [6, 6.07) is 0. The highest BCUT2D eigenvalue weighted by Gasteiger charge is 2.29. The fourth-order valence-electron chi connectivity index (χ4n) is 2.41. The monoisotopic (exact) mass is 280 g/mol. The number of hydrogen-bond donors (Lipinski definition) is 2. The first-order chi connectivity index (χ1) is 9.52. The third-order valence-corrected chi connectivity index (χ3v) is 3.44. The van der Waals surface area contributed by atoms with Gasteiger partial charge in [0.25, 0.3) is 0 Å². The van der Waals surface area contributed by atoms with Gasteiger partial charge >= 0.3 is 5.69 Å². The normalized spacial score (nSPS) is 23.6. The minimum absolute atomic E-state index is 0.325. The molecule has 108 valence electrons. The average molecular weight is 280 g/mol. The zero-order chi connectivity index (χ0) is 14.4. The van der Waals surface area contributed by atoms with Crippen LogP contribution in [0.3, 0.4) is 0 Å². The average Bonchev–Trinajstić information content (AvgIpc) is 2.73. The number of ether oxygens (including phenoxy) is 1. The molecule has 0 radical (unpaired) electrons. The summed E-state index contributed by atoms with van der Waals surface area (Å²) in [4.78, 5) is 16.1. The molecule has 0 aliphatic carbocycles. The summed E-state index contributed by atoms with van der Waals surface area (Å²) in [7, 11) is 1.67. The second-order valence-electron chi connectivity index (χ2n) is 4.82. The summed E-state index contributed by atoms with van der Waals surface area (Å²) < 4.78 is 8.69. The highest BCUT2D eigenvalue weighted by molar-refractivity contribution is 5.82. The molecule has 0 amide bonds. The van der Waals surface area contributed by atoms with Crippen LogP contribution in [-0.2, 0) is 11.3 Å². The Balaban J connectivity index is 2.29. The Morgan fingerprint density at radius 1 is 1.55 bits per heavy atom. The van der Waals surface area contributed by atoms with Gasteiger partial charge in [-0.3, -0.25) is 0 Å². The number of nitrogens with one attached hydrogen (secondary N) is 1. The van der Waals surface area contributed by atoms with Crippen LogP contribution in [0.5, 0.6) is 0 Å². The zero-order valence-electron chi connectivity index (χ0n) is 11.4. The lowest BCUT2D eigenvalue weighted by atomic mass is 10.2. The van der Waals surface area contributed by atoms with E-state index in [1.54, 1.807) is 25.6 Å². The van der Waals surface area contributed by atoms with Gasteiger partial charge in [0, 0.05) is 7.05 Å².